The normalized spacial score (nSPS) is 12.3. The Morgan fingerprint density at radius 2 is 1.58 bits per heavy atom. The second-order valence-electron chi connectivity index (χ2n) is 11.0. The van der Waals surface area contributed by atoms with Crippen LogP contribution in [0.1, 0.15) is 31.9 Å². The second kappa shape index (κ2) is 14.3. The molecule has 0 fully saturated rings. The van der Waals surface area contributed by atoms with E-state index < -0.39 is 40.0 Å². The number of benzene rings is 3. The van der Waals surface area contributed by atoms with Gasteiger partial charge in [0.15, 0.2) is 11.5 Å². The summed E-state index contributed by atoms with van der Waals surface area (Å²) in [5, 5.41) is 3.70. The van der Waals surface area contributed by atoms with E-state index >= 15 is 0 Å². The number of nitrogens with one attached hydrogen (secondary N) is 1. The first-order valence-corrected chi connectivity index (χ1v) is 16.0. The number of sulfonamides is 1. The molecule has 3 aromatic carbocycles. The predicted octanol–water partition coefficient (Wildman–Crippen LogP) is 5.33. The molecule has 1 atom stereocenters. The van der Waals surface area contributed by atoms with Gasteiger partial charge in [0.05, 0.1) is 26.2 Å². The Kier molecular flexibility index (Phi) is 11.3. The minimum Gasteiger partial charge on any atom is -0.493 e. The maximum atomic E-state index is 14.3. The van der Waals surface area contributed by atoms with E-state index in [0.717, 1.165) is 16.1 Å². The summed E-state index contributed by atoms with van der Waals surface area (Å²) in [4.78, 5) is 29.4. The number of methoxy groups -OCH3 is 2. The average molecular weight is 651 g/mol. The van der Waals surface area contributed by atoms with Crippen LogP contribution >= 0.6 is 23.2 Å². The summed E-state index contributed by atoms with van der Waals surface area (Å²) in [6.07, 6.45) is 1.18. The zero-order valence-electron chi connectivity index (χ0n) is 25.1. The molecule has 43 heavy (non-hydrogen) atoms. The molecule has 0 heterocycles. The van der Waals surface area contributed by atoms with Gasteiger partial charge in [-0.15, -0.1) is 0 Å². The fraction of sp³-hybridized carbons (Fsp3) is 0.355. The molecule has 0 aliphatic carbocycles. The number of ether oxygens (including phenoxy) is 2. The lowest BCUT2D eigenvalue weighted by Gasteiger charge is -2.35. The van der Waals surface area contributed by atoms with Gasteiger partial charge in [0.2, 0.25) is 21.8 Å². The third kappa shape index (κ3) is 9.51. The molecule has 0 aliphatic heterocycles. The molecule has 2 amide bonds. The van der Waals surface area contributed by atoms with Crippen LogP contribution in [0.3, 0.4) is 0 Å². The van der Waals surface area contributed by atoms with Gasteiger partial charge >= 0.3 is 0 Å². The number of anilines is 1. The molecule has 0 saturated heterocycles. The van der Waals surface area contributed by atoms with E-state index in [1.54, 1.807) is 24.3 Å². The largest absolute Gasteiger partial charge is 0.493 e. The standard InChI is InChI=1S/C31H37Cl2N3O6S/c1-31(2,3)34-30(38)26(16-21-10-8-7-9-11-21)35(19-22-12-13-23(32)17-25(22)33)29(37)20-36(43(6,39)40)24-14-15-27(41-4)28(18-24)42-5/h7-15,17-18,26H,16,19-20H2,1-6H3,(H,34,38)/t26-/m0/s1. The van der Waals surface area contributed by atoms with Crippen molar-refractivity contribution < 1.29 is 27.5 Å². The van der Waals surface area contributed by atoms with E-state index in [1.165, 1.54) is 31.3 Å². The number of rotatable bonds is 12. The van der Waals surface area contributed by atoms with Crippen molar-refractivity contribution >= 4 is 50.7 Å². The molecule has 0 radical (unpaired) electrons. The number of nitrogens with zero attached hydrogens (tertiary/aromatic N) is 2. The Labute approximate surface area is 263 Å². The Morgan fingerprint density at radius 3 is 2.14 bits per heavy atom. The van der Waals surface area contributed by atoms with Crippen LogP contribution in [-0.4, -0.2) is 63.7 Å². The highest BCUT2D eigenvalue weighted by atomic mass is 35.5. The van der Waals surface area contributed by atoms with E-state index in [2.05, 4.69) is 5.32 Å². The Hall–Kier alpha value is -3.47. The molecule has 3 rings (SSSR count). The lowest BCUT2D eigenvalue weighted by Crippen LogP contribution is -2.56. The van der Waals surface area contributed by atoms with Gasteiger partial charge in [-0.3, -0.25) is 13.9 Å². The molecule has 0 aromatic heterocycles. The highest BCUT2D eigenvalue weighted by molar-refractivity contribution is 7.92. The minimum absolute atomic E-state index is 0.0760. The molecule has 0 aliphatic rings. The van der Waals surface area contributed by atoms with E-state index in [0.29, 0.717) is 21.4 Å². The van der Waals surface area contributed by atoms with Crippen molar-refractivity contribution in [2.24, 2.45) is 0 Å². The fourth-order valence-electron chi connectivity index (χ4n) is 4.43. The van der Waals surface area contributed by atoms with Gasteiger partial charge in [-0.05, 0) is 56.2 Å². The van der Waals surface area contributed by atoms with Gasteiger partial charge in [-0.25, -0.2) is 8.42 Å². The summed E-state index contributed by atoms with van der Waals surface area (Å²) < 4.78 is 37.7. The summed E-state index contributed by atoms with van der Waals surface area (Å²) >= 11 is 12.6. The zero-order chi connectivity index (χ0) is 31.9. The van der Waals surface area contributed by atoms with Gasteiger partial charge in [-0.1, -0.05) is 59.6 Å². The first kappa shape index (κ1) is 34.0. The Bertz CT molecular complexity index is 1540. The van der Waals surface area contributed by atoms with Crippen LogP contribution in [-0.2, 0) is 32.6 Å². The van der Waals surface area contributed by atoms with Gasteiger partial charge in [0.25, 0.3) is 0 Å². The van der Waals surface area contributed by atoms with Crippen molar-refractivity contribution in [3.8, 4) is 11.5 Å². The fourth-order valence-corrected chi connectivity index (χ4v) is 5.74. The minimum atomic E-state index is -3.97. The number of carbonyl (C=O) groups excluding carboxylic acids is 2. The summed E-state index contributed by atoms with van der Waals surface area (Å²) in [6, 6.07) is 17.7. The van der Waals surface area contributed by atoms with Gasteiger partial charge in [0, 0.05) is 34.6 Å². The van der Waals surface area contributed by atoms with Crippen molar-refractivity contribution in [1.82, 2.24) is 10.2 Å². The van der Waals surface area contributed by atoms with Crippen LogP contribution in [0.4, 0.5) is 5.69 Å². The quantitative estimate of drug-likeness (QED) is 0.284. The summed E-state index contributed by atoms with van der Waals surface area (Å²) in [5.41, 5.74) is 0.947. The van der Waals surface area contributed by atoms with E-state index in [1.807, 2.05) is 51.1 Å². The molecule has 232 valence electrons. The van der Waals surface area contributed by atoms with Crippen LogP contribution < -0.4 is 19.1 Å². The SMILES string of the molecule is COc1ccc(N(CC(=O)N(Cc2ccc(Cl)cc2Cl)[C@@H](Cc2ccccc2)C(=O)NC(C)(C)C)S(C)(=O)=O)cc1OC. The summed E-state index contributed by atoms with van der Waals surface area (Å²) in [5.74, 6) is -0.327. The number of hydrogen-bond acceptors (Lipinski definition) is 6. The van der Waals surface area contributed by atoms with E-state index in [-0.39, 0.29) is 24.4 Å². The van der Waals surface area contributed by atoms with Crippen LogP contribution in [0.15, 0.2) is 66.7 Å². The maximum Gasteiger partial charge on any atom is 0.244 e. The van der Waals surface area contributed by atoms with Gasteiger partial charge < -0.3 is 19.7 Å². The Morgan fingerprint density at radius 1 is 0.930 bits per heavy atom. The van der Waals surface area contributed by atoms with Crippen LogP contribution in [0.5, 0.6) is 11.5 Å². The van der Waals surface area contributed by atoms with Crippen LogP contribution in [0.2, 0.25) is 10.0 Å². The smallest absolute Gasteiger partial charge is 0.244 e. The van der Waals surface area contributed by atoms with Crippen molar-refractivity contribution in [3.05, 3.63) is 87.9 Å². The molecule has 9 nitrogen and oxygen atoms in total. The molecular weight excluding hydrogens is 613 g/mol. The molecule has 12 heteroatoms. The molecule has 0 spiro atoms. The van der Waals surface area contributed by atoms with E-state index in [4.69, 9.17) is 32.7 Å². The highest BCUT2D eigenvalue weighted by Crippen LogP contribution is 2.33. The third-order valence-corrected chi connectivity index (χ3v) is 8.19. The molecule has 3 aromatic rings. The number of halogens is 2. The summed E-state index contributed by atoms with van der Waals surface area (Å²) in [6.45, 7) is 4.86. The molecule has 0 bridgehead atoms. The van der Waals surface area contributed by atoms with Gasteiger partial charge in [0.1, 0.15) is 12.6 Å². The van der Waals surface area contributed by atoms with Gasteiger partial charge in [-0.2, -0.15) is 0 Å². The monoisotopic (exact) mass is 649 g/mol. The number of carbonyl (C=O) groups is 2. The van der Waals surface area contributed by atoms with Crippen LogP contribution in [0, 0.1) is 0 Å². The lowest BCUT2D eigenvalue weighted by atomic mass is 10.0. The van der Waals surface area contributed by atoms with Crippen molar-refractivity contribution in [3.63, 3.8) is 0 Å². The van der Waals surface area contributed by atoms with Crippen molar-refractivity contribution in [1.29, 1.82) is 0 Å². The first-order chi connectivity index (χ1) is 20.1. The molecule has 1 N–H and O–H groups in total. The third-order valence-electron chi connectivity index (χ3n) is 6.46. The maximum absolute atomic E-state index is 14.3. The lowest BCUT2D eigenvalue weighted by molar-refractivity contribution is -0.140. The number of amides is 2. The van der Waals surface area contributed by atoms with Crippen LogP contribution in [0.25, 0.3) is 0 Å². The first-order valence-electron chi connectivity index (χ1n) is 13.4. The summed E-state index contributed by atoms with van der Waals surface area (Å²) in [7, 11) is -1.08. The molecular formula is C31H37Cl2N3O6S. The Balaban J connectivity index is 2.12. The zero-order valence-corrected chi connectivity index (χ0v) is 27.4. The number of hydrogen-bond donors (Lipinski definition) is 1. The van der Waals surface area contributed by atoms with E-state index in [9.17, 15) is 18.0 Å². The molecule has 0 unspecified atom stereocenters. The average Bonchev–Trinajstić information content (AvgIpc) is 2.93. The second-order valence-corrected chi connectivity index (χ2v) is 13.8. The van der Waals surface area contributed by atoms with Crippen molar-refractivity contribution in [2.75, 3.05) is 31.3 Å². The predicted molar refractivity (Wildman–Crippen MR) is 171 cm³/mol. The van der Waals surface area contributed by atoms with Crippen molar-refractivity contribution in [2.45, 2.75) is 45.3 Å². The molecule has 0 saturated carbocycles. The topological polar surface area (TPSA) is 105 Å². The highest BCUT2D eigenvalue weighted by Gasteiger charge is 2.34.